The maximum Gasteiger partial charge on any atom is 0.244 e. The number of anilines is 1. The summed E-state index contributed by atoms with van der Waals surface area (Å²) in [6.07, 6.45) is 0. The van der Waals surface area contributed by atoms with Crippen molar-refractivity contribution in [2.24, 2.45) is 4.99 Å². The number of alkyl halides is 1. The fraction of sp³-hybridized carbons (Fsp3) is 0.125. The van der Waals surface area contributed by atoms with E-state index >= 15 is 0 Å². The molecule has 2 aromatic rings. The third-order valence-electron chi connectivity index (χ3n) is 3.26. The molecule has 0 saturated carbocycles. The zero-order chi connectivity index (χ0) is 14.8. The minimum Gasteiger partial charge on any atom is -0.497 e. The second kappa shape index (κ2) is 5.69. The smallest absolute Gasteiger partial charge is 0.244 e. The number of carbonyl (C=O) groups excluding carboxylic acids is 1. The van der Waals surface area contributed by atoms with Crippen molar-refractivity contribution in [1.82, 2.24) is 0 Å². The van der Waals surface area contributed by atoms with E-state index in [1.165, 1.54) is 0 Å². The Morgan fingerprint density at radius 2 is 1.86 bits per heavy atom. The van der Waals surface area contributed by atoms with E-state index in [-0.39, 0.29) is 5.91 Å². The van der Waals surface area contributed by atoms with Crippen LogP contribution in [0.4, 0.5) is 11.4 Å². The van der Waals surface area contributed by atoms with Gasteiger partial charge in [0.05, 0.1) is 24.2 Å². The van der Waals surface area contributed by atoms with Crippen molar-refractivity contribution >= 4 is 38.9 Å². The number of hydrogen-bond acceptors (Lipinski definition) is 3. The molecule has 0 spiro atoms. The number of amides is 1. The molecular weight excluding hydrogens is 332 g/mol. The zero-order valence-electron chi connectivity index (χ0n) is 11.3. The molecule has 1 aliphatic rings. The lowest BCUT2D eigenvalue weighted by Gasteiger charge is -2.10. The monoisotopic (exact) mass is 344 g/mol. The van der Waals surface area contributed by atoms with Gasteiger partial charge in [0, 0.05) is 0 Å². The maximum absolute atomic E-state index is 12.2. The summed E-state index contributed by atoms with van der Waals surface area (Å²) in [5, 5.41) is 2.87. The molecule has 0 fully saturated rings. The molecular formula is C16H13BrN2O2. The SMILES string of the molecule is COc1ccc(C2=Nc3ccccc3NC(=O)C2Br)cc1. The van der Waals surface area contributed by atoms with Crippen LogP contribution in [0.5, 0.6) is 5.75 Å². The van der Waals surface area contributed by atoms with Crippen LogP contribution < -0.4 is 10.1 Å². The fourth-order valence-corrected chi connectivity index (χ4v) is 2.64. The number of para-hydroxylation sites is 2. The molecule has 0 bridgehead atoms. The van der Waals surface area contributed by atoms with Crippen molar-refractivity contribution in [2.75, 3.05) is 12.4 Å². The van der Waals surface area contributed by atoms with E-state index in [0.29, 0.717) is 5.71 Å². The quantitative estimate of drug-likeness (QED) is 0.847. The molecule has 0 aliphatic carbocycles. The predicted molar refractivity (Wildman–Crippen MR) is 87.0 cm³/mol. The van der Waals surface area contributed by atoms with Crippen LogP contribution in [0.2, 0.25) is 0 Å². The van der Waals surface area contributed by atoms with Crippen LogP contribution in [-0.2, 0) is 4.79 Å². The molecule has 5 heteroatoms. The number of hydrogen-bond donors (Lipinski definition) is 1. The normalized spacial score (nSPS) is 17.3. The first-order chi connectivity index (χ1) is 10.2. The minimum absolute atomic E-state index is 0.130. The number of carbonyl (C=O) groups is 1. The van der Waals surface area contributed by atoms with E-state index < -0.39 is 4.83 Å². The third kappa shape index (κ3) is 2.69. The van der Waals surface area contributed by atoms with Crippen molar-refractivity contribution in [1.29, 1.82) is 0 Å². The number of nitrogens with one attached hydrogen (secondary N) is 1. The largest absolute Gasteiger partial charge is 0.497 e. The van der Waals surface area contributed by atoms with Crippen LogP contribution in [-0.4, -0.2) is 23.6 Å². The Balaban J connectivity index is 2.09. The lowest BCUT2D eigenvalue weighted by atomic mass is 10.1. The summed E-state index contributed by atoms with van der Waals surface area (Å²) in [4.78, 5) is 16.4. The Bertz CT molecular complexity index is 710. The summed E-state index contributed by atoms with van der Waals surface area (Å²) in [7, 11) is 1.62. The van der Waals surface area contributed by atoms with Crippen molar-refractivity contribution < 1.29 is 9.53 Å². The molecule has 1 N–H and O–H groups in total. The van der Waals surface area contributed by atoms with E-state index in [2.05, 4.69) is 26.2 Å². The minimum atomic E-state index is -0.502. The fourth-order valence-electron chi connectivity index (χ4n) is 2.16. The molecule has 0 radical (unpaired) electrons. The van der Waals surface area contributed by atoms with E-state index in [9.17, 15) is 4.79 Å². The van der Waals surface area contributed by atoms with Crippen molar-refractivity contribution in [3.8, 4) is 5.75 Å². The molecule has 1 aliphatic heterocycles. The Morgan fingerprint density at radius 1 is 1.14 bits per heavy atom. The van der Waals surface area contributed by atoms with E-state index in [0.717, 1.165) is 22.7 Å². The van der Waals surface area contributed by atoms with Gasteiger partial charge in [-0.3, -0.25) is 4.79 Å². The Morgan fingerprint density at radius 3 is 2.57 bits per heavy atom. The van der Waals surface area contributed by atoms with Crippen molar-refractivity contribution in [2.45, 2.75) is 4.83 Å². The van der Waals surface area contributed by atoms with Crippen LogP contribution in [0.25, 0.3) is 0 Å². The number of nitrogens with zero attached hydrogens (tertiary/aromatic N) is 1. The maximum atomic E-state index is 12.2. The Labute approximate surface area is 131 Å². The zero-order valence-corrected chi connectivity index (χ0v) is 12.9. The van der Waals surface area contributed by atoms with Crippen molar-refractivity contribution in [3.05, 3.63) is 54.1 Å². The molecule has 1 amide bonds. The van der Waals surface area contributed by atoms with Gasteiger partial charge in [0.1, 0.15) is 10.6 Å². The van der Waals surface area contributed by atoms with Crippen LogP contribution in [0.3, 0.4) is 0 Å². The summed E-state index contributed by atoms with van der Waals surface area (Å²) in [5.41, 5.74) is 3.03. The highest BCUT2D eigenvalue weighted by Crippen LogP contribution is 2.30. The number of benzene rings is 2. The summed E-state index contributed by atoms with van der Waals surface area (Å²) in [5.74, 6) is 0.637. The van der Waals surface area contributed by atoms with E-state index in [1.54, 1.807) is 7.11 Å². The highest BCUT2D eigenvalue weighted by atomic mass is 79.9. The topological polar surface area (TPSA) is 50.7 Å². The number of fused-ring (bicyclic) bond motifs is 1. The van der Waals surface area contributed by atoms with Crippen LogP contribution in [0, 0.1) is 0 Å². The highest BCUT2D eigenvalue weighted by Gasteiger charge is 2.26. The number of methoxy groups -OCH3 is 1. The molecule has 2 aromatic carbocycles. The third-order valence-corrected chi connectivity index (χ3v) is 4.11. The summed E-state index contributed by atoms with van der Waals surface area (Å²) in [6.45, 7) is 0. The lowest BCUT2D eigenvalue weighted by molar-refractivity contribution is -0.114. The van der Waals surface area contributed by atoms with Crippen molar-refractivity contribution in [3.63, 3.8) is 0 Å². The molecule has 21 heavy (non-hydrogen) atoms. The first kappa shape index (κ1) is 13.8. The van der Waals surface area contributed by atoms with Gasteiger partial charge in [0.25, 0.3) is 0 Å². The second-order valence-corrected chi connectivity index (χ2v) is 5.51. The highest BCUT2D eigenvalue weighted by molar-refractivity contribution is 9.10. The molecule has 0 aromatic heterocycles. The van der Waals surface area contributed by atoms with Gasteiger partial charge in [0.15, 0.2) is 0 Å². The number of ether oxygens (including phenoxy) is 1. The average molecular weight is 345 g/mol. The molecule has 1 unspecified atom stereocenters. The van der Waals surface area contributed by atoms with Crippen LogP contribution in [0.1, 0.15) is 5.56 Å². The first-order valence-corrected chi connectivity index (χ1v) is 7.37. The number of rotatable bonds is 2. The van der Waals surface area contributed by atoms with Gasteiger partial charge in [0.2, 0.25) is 5.91 Å². The molecule has 1 atom stereocenters. The van der Waals surface area contributed by atoms with Gasteiger partial charge in [-0.25, -0.2) is 4.99 Å². The Hall–Kier alpha value is -2.14. The van der Waals surface area contributed by atoms with Gasteiger partial charge in [-0.2, -0.15) is 0 Å². The van der Waals surface area contributed by atoms with Gasteiger partial charge >= 0.3 is 0 Å². The summed E-state index contributed by atoms with van der Waals surface area (Å²) in [6, 6.07) is 15.0. The molecule has 3 rings (SSSR count). The summed E-state index contributed by atoms with van der Waals surface area (Å²) < 4.78 is 5.15. The molecule has 0 saturated heterocycles. The standard InChI is InChI=1S/C16H13BrN2O2/c1-21-11-8-6-10(7-9-11)15-14(17)16(20)19-13-5-3-2-4-12(13)18-15/h2-9,14H,1H3,(H,19,20). The number of aliphatic imine (C=N–C) groups is 1. The number of halogens is 1. The van der Waals surface area contributed by atoms with Crippen LogP contribution in [0.15, 0.2) is 53.5 Å². The molecule has 106 valence electrons. The van der Waals surface area contributed by atoms with E-state index in [4.69, 9.17) is 4.74 Å². The molecule has 4 nitrogen and oxygen atoms in total. The lowest BCUT2D eigenvalue weighted by Crippen LogP contribution is -2.29. The first-order valence-electron chi connectivity index (χ1n) is 6.46. The van der Waals surface area contributed by atoms with Gasteiger partial charge in [-0.05, 0) is 42.0 Å². The average Bonchev–Trinajstić information content (AvgIpc) is 2.65. The van der Waals surface area contributed by atoms with Gasteiger partial charge < -0.3 is 10.1 Å². The van der Waals surface area contributed by atoms with E-state index in [1.807, 2.05) is 48.5 Å². The second-order valence-electron chi connectivity index (χ2n) is 4.59. The van der Waals surface area contributed by atoms with Gasteiger partial charge in [-0.15, -0.1) is 0 Å². The summed E-state index contributed by atoms with van der Waals surface area (Å²) >= 11 is 3.43. The molecule has 1 heterocycles. The predicted octanol–water partition coefficient (Wildman–Crippen LogP) is 3.53. The van der Waals surface area contributed by atoms with Gasteiger partial charge in [-0.1, -0.05) is 28.1 Å². The van der Waals surface area contributed by atoms with Crippen LogP contribution >= 0.6 is 15.9 Å². The Kier molecular flexibility index (Phi) is 3.75.